The first-order valence-corrected chi connectivity index (χ1v) is 17.6. The molecule has 2 N–H and O–H groups in total. The van der Waals surface area contributed by atoms with Crippen LogP contribution in [0.25, 0.3) is 11.1 Å². The molecule has 1 saturated carbocycles. The first-order valence-electron chi connectivity index (χ1n) is 16.5. The van der Waals surface area contributed by atoms with Gasteiger partial charge in [-0.25, -0.2) is 0 Å². The lowest BCUT2D eigenvalue weighted by atomic mass is 9.65. The molecule has 2 saturated heterocycles. The summed E-state index contributed by atoms with van der Waals surface area (Å²) >= 11 is 17.3. The van der Waals surface area contributed by atoms with Crippen LogP contribution in [-0.4, -0.2) is 44.9 Å². The van der Waals surface area contributed by atoms with Crippen molar-refractivity contribution < 1.29 is 19.4 Å². The summed E-state index contributed by atoms with van der Waals surface area (Å²) in [6, 6.07) is 24.7. The van der Waals surface area contributed by atoms with Gasteiger partial charge in [-0.15, -0.1) is 0 Å². The van der Waals surface area contributed by atoms with Crippen LogP contribution in [0, 0.1) is 16.7 Å². The van der Waals surface area contributed by atoms with Crippen molar-refractivity contribution >= 4 is 40.7 Å². The summed E-state index contributed by atoms with van der Waals surface area (Å²) in [5.41, 5.74) is 6.47. The van der Waals surface area contributed by atoms with Crippen molar-refractivity contribution in [2.24, 2.45) is 16.7 Å². The Hall–Kier alpha value is -2.16. The van der Waals surface area contributed by atoms with Gasteiger partial charge in [0.1, 0.15) is 0 Å². The molecule has 252 valence electrons. The molecular formula is C38H45Cl3N2O4. The molecule has 9 heteroatoms. The van der Waals surface area contributed by atoms with E-state index in [1.807, 2.05) is 36.4 Å². The Labute approximate surface area is 293 Å². The predicted octanol–water partition coefficient (Wildman–Crippen LogP) is 8.52. The van der Waals surface area contributed by atoms with Crippen molar-refractivity contribution in [2.75, 3.05) is 13.1 Å². The number of hydrogen-bond acceptors (Lipinski definition) is 5. The second kappa shape index (κ2) is 13.6. The van der Waals surface area contributed by atoms with Crippen LogP contribution in [0.3, 0.4) is 0 Å². The van der Waals surface area contributed by atoms with Crippen molar-refractivity contribution in [3.05, 3.63) is 95.1 Å². The second-order valence-corrected chi connectivity index (χ2v) is 17.2. The predicted molar refractivity (Wildman–Crippen MR) is 188 cm³/mol. The maximum Gasteiger partial charge on any atom is 0.272 e. The Morgan fingerprint density at radius 2 is 1.64 bits per heavy atom. The minimum Gasteiger partial charge on any atom is -0.392 e. The molecule has 6 atom stereocenters. The molecule has 1 aliphatic carbocycles. The summed E-state index contributed by atoms with van der Waals surface area (Å²) in [5.74, 6) is -0.541. The quantitative estimate of drug-likeness (QED) is 0.231. The minimum atomic E-state index is -2.02. The average Bonchev–Trinajstić information content (AvgIpc) is 3.27. The van der Waals surface area contributed by atoms with Crippen LogP contribution >= 0.6 is 34.8 Å². The van der Waals surface area contributed by atoms with Gasteiger partial charge >= 0.3 is 0 Å². The Kier molecular flexibility index (Phi) is 10.1. The fourth-order valence-corrected chi connectivity index (χ4v) is 8.60. The lowest BCUT2D eigenvalue weighted by Crippen LogP contribution is -2.46. The molecule has 1 amide bonds. The number of rotatable bonds is 8. The Morgan fingerprint density at radius 3 is 2.32 bits per heavy atom. The summed E-state index contributed by atoms with van der Waals surface area (Å²) < 4.78 is 11.6. The number of nitrogens with one attached hydrogen (secondary N) is 1. The highest BCUT2D eigenvalue weighted by molar-refractivity contribution is 6.76. The topological polar surface area (TPSA) is 71.0 Å². The highest BCUT2D eigenvalue weighted by Crippen LogP contribution is 2.53. The highest BCUT2D eigenvalue weighted by Gasteiger charge is 2.51. The molecule has 6 rings (SSSR count). The molecule has 2 bridgehead atoms. The highest BCUT2D eigenvalue weighted by atomic mass is 35.6. The summed E-state index contributed by atoms with van der Waals surface area (Å²) in [5, 5.41) is 12.3. The number of hydrogen-bond donors (Lipinski definition) is 2. The number of carbonyl (C=O) groups excluding carboxylic acids is 1. The third kappa shape index (κ3) is 7.86. The van der Waals surface area contributed by atoms with E-state index in [0.717, 1.165) is 46.5 Å². The molecule has 2 aliphatic heterocycles. The van der Waals surface area contributed by atoms with Gasteiger partial charge in [0.25, 0.3) is 9.70 Å². The molecule has 0 aromatic heterocycles. The van der Waals surface area contributed by atoms with Crippen LogP contribution in [0.2, 0.25) is 0 Å². The van der Waals surface area contributed by atoms with Gasteiger partial charge in [0.05, 0.1) is 18.8 Å². The van der Waals surface area contributed by atoms with E-state index in [9.17, 15) is 9.90 Å². The number of aliphatic hydroxyl groups is 1. The fraction of sp³-hybridized carbons (Fsp3) is 0.500. The molecule has 3 aromatic rings. The van der Waals surface area contributed by atoms with E-state index >= 15 is 0 Å². The molecular weight excluding hydrogens is 655 g/mol. The third-order valence-corrected chi connectivity index (χ3v) is 10.8. The number of nitrogens with zero attached hydrogens (tertiary/aromatic N) is 1. The zero-order valence-electron chi connectivity index (χ0n) is 27.5. The van der Waals surface area contributed by atoms with Crippen molar-refractivity contribution in [3.8, 4) is 11.1 Å². The number of alkyl halides is 3. The average molecular weight is 700 g/mol. The van der Waals surface area contributed by atoms with Gasteiger partial charge in [-0.05, 0) is 57.9 Å². The van der Waals surface area contributed by atoms with Gasteiger partial charge in [-0.3, -0.25) is 9.69 Å². The first-order chi connectivity index (χ1) is 22.2. The van der Waals surface area contributed by atoms with E-state index < -0.39 is 16.0 Å². The van der Waals surface area contributed by atoms with Gasteiger partial charge in [0.2, 0.25) is 0 Å². The van der Waals surface area contributed by atoms with Crippen molar-refractivity contribution in [1.82, 2.24) is 10.2 Å². The fourth-order valence-electron chi connectivity index (χ4n) is 8.40. The SMILES string of the molecule is C[C@@H]1[C@H](CN2CC3(C)CC2CC(C)(C)C3)O[C@H](c2ccc(-c3ccccc3CNC(=O)C(Cl)(Cl)Cl)cc2)O[C@@H]1c1ccc(CO)cc1. The maximum atomic E-state index is 12.2. The van der Waals surface area contributed by atoms with Crippen molar-refractivity contribution in [1.29, 1.82) is 0 Å². The molecule has 0 spiro atoms. The third-order valence-electron chi connectivity index (χ3n) is 10.3. The van der Waals surface area contributed by atoms with E-state index in [2.05, 4.69) is 74.3 Å². The number of likely N-dealkylation sites (tertiary alicyclic amines) is 1. The lowest BCUT2D eigenvalue weighted by molar-refractivity contribution is -0.276. The number of fused-ring (bicyclic) bond motifs is 2. The van der Waals surface area contributed by atoms with Gasteiger partial charge in [0.15, 0.2) is 6.29 Å². The van der Waals surface area contributed by atoms with Crippen molar-refractivity contribution in [3.63, 3.8) is 0 Å². The van der Waals surface area contributed by atoms with E-state index in [-0.39, 0.29) is 31.3 Å². The number of carbonyl (C=O) groups is 1. The van der Waals surface area contributed by atoms with Gasteiger partial charge in [-0.2, -0.15) is 0 Å². The summed E-state index contributed by atoms with van der Waals surface area (Å²) in [6.45, 7) is 11.7. The minimum absolute atomic E-state index is 0.00986. The molecule has 0 radical (unpaired) electrons. The van der Waals surface area contributed by atoms with Crippen molar-refractivity contribution in [2.45, 2.75) is 88.4 Å². The summed E-state index contributed by atoms with van der Waals surface area (Å²) in [7, 11) is 0. The summed E-state index contributed by atoms with van der Waals surface area (Å²) in [4.78, 5) is 14.9. The second-order valence-electron chi connectivity index (χ2n) is 14.9. The van der Waals surface area contributed by atoms with Crippen LogP contribution in [0.4, 0.5) is 0 Å². The van der Waals surface area contributed by atoms with E-state index in [1.165, 1.54) is 19.3 Å². The van der Waals surface area contributed by atoms with Gasteiger partial charge < -0.3 is 19.9 Å². The molecule has 3 aliphatic rings. The zero-order valence-corrected chi connectivity index (χ0v) is 29.8. The molecule has 2 heterocycles. The van der Waals surface area contributed by atoms with E-state index in [4.69, 9.17) is 44.3 Å². The zero-order chi connectivity index (χ0) is 33.6. The smallest absolute Gasteiger partial charge is 0.272 e. The maximum absolute atomic E-state index is 12.2. The van der Waals surface area contributed by atoms with Crippen LogP contribution < -0.4 is 5.32 Å². The molecule has 3 aromatic carbocycles. The molecule has 47 heavy (non-hydrogen) atoms. The van der Waals surface area contributed by atoms with E-state index in [1.54, 1.807) is 0 Å². The largest absolute Gasteiger partial charge is 0.392 e. The Morgan fingerprint density at radius 1 is 0.957 bits per heavy atom. The number of benzene rings is 3. The monoisotopic (exact) mass is 698 g/mol. The van der Waals surface area contributed by atoms with Crippen LogP contribution in [0.1, 0.15) is 81.6 Å². The van der Waals surface area contributed by atoms with E-state index in [0.29, 0.717) is 16.9 Å². The normalized spacial score (nSPS) is 29.1. The molecule has 3 fully saturated rings. The summed E-state index contributed by atoms with van der Waals surface area (Å²) in [6.07, 6.45) is 2.99. The van der Waals surface area contributed by atoms with Gasteiger partial charge in [0, 0.05) is 37.2 Å². The number of aliphatic hydroxyl groups excluding tert-OH is 1. The molecule has 6 nitrogen and oxygen atoms in total. The Balaban J connectivity index is 1.24. The lowest BCUT2D eigenvalue weighted by Gasteiger charge is -2.43. The Bertz CT molecular complexity index is 1560. The van der Waals surface area contributed by atoms with Crippen LogP contribution in [0.15, 0.2) is 72.8 Å². The van der Waals surface area contributed by atoms with Crippen LogP contribution in [-0.2, 0) is 27.4 Å². The molecule has 2 unspecified atom stereocenters. The number of ether oxygens (including phenoxy) is 2. The van der Waals surface area contributed by atoms with Gasteiger partial charge in [-0.1, -0.05) is 135 Å². The van der Waals surface area contributed by atoms with Crippen LogP contribution in [0.5, 0.6) is 0 Å². The number of halogens is 3. The standard InChI is InChI=1S/C38H45Cl3N2O4/c1-24-32(20-43-23-37(4)18-30(43)17-36(2,3)22-37)46-34(47-33(24)27-11-9-25(21-44)10-12-27)28-15-13-26(14-16-28)31-8-6-5-7-29(31)19-42-35(45)38(39,40)41/h5-16,24,30,32-34,44H,17-23H2,1-4H3,(H,42,45)/t24-,30?,32+,33+,34+,37?/m1/s1. The first kappa shape index (κ1) is 34.7. The number of amides is 1.